The number of nitrogens with zero attached hydrogens (tertiary/aromatic N) is 1. The van der Waals surface area contributed by atoms with Crippen molar-refractivity contribution in [3.8, 4) is 6.07 Å². The predicted octanol–water partition coefficient (Wildman–Crippen LogP) is -1.94. The third-order valence-corrected chi connectivity index (χ3v) is 2.13. The topological polar surface area (TPSA) is 78.2 Å². The zero-order valence-corrected chi connectivity index (χ0v) is 10.5. The predicted molar refractivity (Wildman–Crippen MR) is 47.5 cm³/mol. The zero-order valence-electron chi connectivity index (χ0n) is 8.64. The normalized spacial score (nSPS) is 10.0. The van der Waals surface area contributed by atoms with E-state index >= 15 is 0 Å². The minimum atomic E-state index is -3.98. The summed E-state index contributed by atoms with van der Waals surface area (Å²) in [6.45, 7) is 0. The summed E-state index contributed by atoms with van der Waals surface area (Å²) in [6.07, 6.45) is 0. The van der Waals surface area contributed by atoms with E-state index in [0.717, 1.165) is 0 Å². The van der Waals surface area contributed by atoms with Crippen molar-refractivity contribution in [1.29, 1.82) is 5.26 Å². The molecule has 0 aliphatic rings. The number of benzene rings is 1. The van der Waals surface area contributed by atoms with E-state index in [9.17, 15) is 8.42 Å². The Labute approximate surface area is 106 Å². The van der Waals surface area contributed by atoms with E-state index < -0.39 is 15.9 Å². The summed E-state index contributed by atoms with van der Waals surface area (Å²) in [4.78, 5) is 0. The number of rotatable bonds is 2. The molecule has 6 heteroatoms. The van der Waals surface area contributed by atoms with Crippen molar-refractivity contribution >= 4 is 10.1 Å². The average Bonchev–Trinajstić information content (AvgIpc) is 2.03. The fourth-order valence-corrected chi connectivity index (χ4v) is 1.50. The fourth-order valence-electron chi connectivity index (χ4n) is 0.886. The Bertz CT molecular complexity index is 438. The van der Waals surface area contributed by atoms with Crippen LogP contribution >= 0.6 is 0 Å². The van der Waals surface area contributed by atoms with E-state index in [-0.39, 0.29) is 31.0 Å². The summed E-state index contributed by atoms with van der Waals surface area (Å²) in [6, 6.07) is 7.89. The summed E-state index contributed by atoms with van der Waals surface area (Å²) in [5, 5.41) is 8.44. The van der Waals surface area contributed by atoms with Gasteiger partial charge in [0.25, 0.3) is 10.1 Å². The largest absolute Gasteiger partial charge is 1.00 e. The van der Waals surface area contributed by atoms with Gasteiger partial charge in [0.05, 0.1) is 11.6 Å². The van der Waals surface area contributed by atoms with Crippen LogP contribution in [0, 0.1) is 11.3 Å². The molecule has 0 saturated heterocycles. The van der Waals surface area contributed by atoms with E-state index in [1.807, 2.05) is 6.07 Å². The first-order chi connectivity index (χ1) is 6.01. The van der Waals surface area contributed by atoms with Crippen molar-refractivity contribution < 1.29 is 44.0 Å². The van der Waals surface area contributed by atoms with Gasteiger partial charge in [-0.05, 0) is 17.7 Å². The van der Waals surface area contributed by atoms with Crippen LogP contribution < -0.4 is 29.6 Å². The van der Waals surface area contributed by atoms with Gasteiger partial charge in [-0.1, -0.05) is 12.1 Å². The van der Waals surface area contributed by atoms with Crippen LogP contribution in [0.1, 0.15) is 12.6 Å². The van der Waals surface area contributed by atoms with Crippen LogP contribution in [-0.2, 0) is 15.9 Å². The fraction of sp³-hybridized carbons (Fsp3) is 0.125. The molecule has 14 heavy (non-hydrogen) atoms. The van der Waals surface area contributed by atoms with Crippen LogP contribution in [0.4, 0.5) is 0 Å². The first-order valence-corrected chi connectivity index (χ1v) is 5.06. The molecule has 0 atom stereocenters. The van der Waals surface area contributed by atoms with Crippen LogP contribution in [0.2, 0.25) is 0 Å². The molecule has 0 unspecified atom stereocenters. The molecule has 0 aliphatic carbocycles. The first kappa shape index (κ1) is 13.6. The van der Waals surface area contributed by atoms with Gasteiger partial charge in [0, 0.05) is 0 Å². The van der Waals surface area contributed by atoms with Crippen molar-refractivity contribution in [1.82, 2.24) is 0 Å². The Kier molecular flexibility index (Phi) is 5.34. The average molecular weight is 221 g/mol. The maximum atomic E-state index is 10.4. The summed E-state index contributed by atoms with van der Waals surface area (Å²) in [7, 11) is -3.98. The molecule has 1 aromatic rings. The molecule has 1 N–H and O–H groups in total. The Balaban J connectivity index is 0. The third kappa shape index (κ3) is 4.74. The summed E-state index contributed by atoms with van der Waals surface area (Å²) in [5.41, 5.74) is 0.917. The summed E-state index contributed by atoms with van der Waals surface area (Å²) >= 11 is 0. The van der Waals surface area contributed by atoms with E-state index in [1.165, 1.54) is 24.3 Å². The second kappa shape index (κ2) is 5.49. The molecule has 0 amide bonds. The molecular formula is C8H8NNaO3S. The molecule has 0 saturated carbocycles. The number of hydrogen-bond acceptors (Lipinski definition) is 3. The van der Waals surface area contributed by atoms with Gasteiger partial charge in [-0.25, -0.2) is 0 Å². The molecule has 0 radical (unpaired) electrons. The molecule has 0 heterocycles. The van der Waals surface area contributed by atoms with Gasteiger partial charge in [-0.2, -0.15) is 13.7 Å². The van der Waals surface area contributed by atoms with Gasteiger partial charge in [-0.3, -0.25) is 4.55 Å². The number of hydrogen-bond donors (Lipinski definition) is 1. The quantitative estimate of drug-likeness (QED) is 0.465. The maximum Gasteiger partial charge on any atom is 1.00 e. The van der Waals surface area contributed by atoms with Crippen LogP contribution in [-0.4, -0.2) is 13.0 Å². The van der Waals surface area contributed by atoms with Gasteiger partial charge in [-0.15, -0.1) is 0 Å². The van der Waals surface area contributed by atoms with E-state index in [0.29, 0.717) is 11.1 Å². The molecule has 1 rings (SSSR count). The molecular weight excluding hydrogens is 213 g/mol. The smallest absolute Gasteiger partial charge is 1.00 e. The van der Waals surface area contributed by atoms with Gasteiger partial charge in [0.2, 0.25) is 0 Å². The second-order valence-electron chi connectivity index (χ2n) is 2.53. The SMILES string of the molecule is N#Cc1ccc(CS(=O)(=O)O)cc1.[H-].[Na+]. The minimum absolute atomic E-state index is 0. The molecule has 0 fully saturated rings. The van der Waals surface area contributed by atoms with Crippen molar-refractivity contribution in [2.75, 3.05) is 0 Å². The van der Waals surface area contributed by atoms with E-state index in [1.54, 1.807) is 0 Å². The van der Waals surface area contributed by atoms with E-state index in [2.05, 4.69) is 0 Å². The molecule has 1 aromatic carbocycles. The van der Waals surface area contributed by atoms with E-state index in [4.69, 9.17) is 9.81 Å². The molecule has 0 bridgehead atoms. The molecule has 0 aromatic heterocycles. The van der Waals surface area contributed by atoms with Gasteiger partial charge in [0.1, 0.15) is 5.75 Å². The Morgan fingerprint density at radius 1 is 1.36 bits per heavy atom. The van der Waals surface area contributed by atoms with Crippen LogP contribution in [0.25, 0.3) is 0 Å². The van der Waals surface area contributed by atoms with Gasteiger partial charge in [0.15, 0.2) is 0 Å². The molecule has 0 aliphatic heterocycles. The Morgan fingerprint density at radius 2 is 1.86 bits per heavy atom. The van der Waals surface area contributed by atoms with Crippen molar-refractivity contribution in [3.63, 3.8) is 0 Å². The Hall–Kier alpha value is -0.380. The Morgan fingerprint density at radius 3 is 2.21 bits per heavy atom. The third-order valence-electron chi connectivity index (χ3n) is 1.43. The second-order valence-corrected chi connectivity index (χ2v) is 3.99. The molecule has 0 spiro atoms. The van der Waals surface area contributed by atoms with Crippen molar-refractivity contribution in [2.24, 2.45) is 0 Å². The van der Waals surface area contributed by atoms with Crippen molar-refractivity contribution in [2.45, 2.75) is 5.75 Å². The van der Waals surface area contributed by atoms with Crippen LogP contribution in [0.3, 0.4) is 0 Å². The summed E-state index contributed by atoms with van der Waals surface area (Å²) in [5.74, 6) is -0.418. The molecule has 70 valence electrons. The van der Waals surface area contributed by atoms with Gasteiger partial charge >= 0.3 is 29.6 Å². The first-order valence-electron chi connectivity index (χ1n) is 3.45. The minimum Gasteiger partial charge on any atom is -1.00 e. The monoisotopic (exact) mass is 221 g/mol. The standard InChI is InChI=1S/C8H7NO3S.Na.H/c9-5-7-1-3-8(4-2-7)6-13(10,11)12;;/h1-4H,6H2,(H,10,11,12);;/q;+1;-1. The number of nitriles is 1. The molecule has 4 nitrogen and oxygen atoms in total. The maximum absolute atomic E-state index is 10.4. The van der Waals surface area contributed by atoms with Crippen LogP contribution in [0.15, 0.2) is 24.3 Å². The van der Waals surface area contributed by atoms with Crippen LogP contribution in [0.5, 0.6) is 0 Å². The van der Waals surface area contributed by atoms with Gasteiger partial charge < -0.3 is 1.43 Å². The van der Waals surface area contributed by atoms with Crippen molar-refractivity contribution in [3.05, 3.63) is 35.4 Å². The summed E-state index contributed by atoms with van der Waals surface area (Å²) < 4.78 is 29.4. The zero-order chi connectivity index (χ0) is 9.90.